The Balaban J connectivity index is 1.75. The number of sulfonamides is 2. The van der Waals surface area contributed by atoms with Crippen LogP contribution in [-0.2, 0) is 33.0 Å². The van der Waals surface area contributed by atoms with Gasteiger partial charge in [-0.1, -0.05) is 19.9 Å². The number of fused-ring (bicyclic) bond motifs is 1. The van der Waals surface area contributed by atoms with E-state index in [2.05, 4.69) is 4.72 Å². The fourth-order valence-electron chi connectivity index (χ4n) is 3.07. The fourth-order valence-corrected chi connectivity index (χ4v) is 4.92. The molecule has 0 amide bonds. The quantitative estimate of drug-likeness (QED) is 0.718. The second-order valence-corrected chi connectivity index (χ2v) is 11.3. The Labute approximate surface area is 172 Å². The highest BCUT2D eigenvalue weighted by atomic mass is 32.2. The van der Waals surface area contributed by atoms with Crippen molar-refractivity contribution in [2.75, 3.05) is 24.1 Å². The zero-order valence-electron chi connectivity index (χ0n) is 16.8. The van der Waals surface area contributed by atoms with Crippen molar-refractivity contribution in [1.82, 2.24) is 4.31 Å². The summed E-state index contributed by atoms with van der Waals surface area (Å²) in [5.41, 5.74) is 2.23. The van der Waals surface area contributed by atoms with Crippen molar-refractivity contribution in [3.8, 4) is 5.75 Å². The molecule has 0 bridgehead atoms. The molecule has 0 spiro atoms. The van der Waals surface area contributed by atoms with Gasteiger partial charge in [0, 0.05) is 18.8 Å². The van der Waals surface area contributed by atoms with E-state index >= 15 is 0 Å². The van der Waals surface area contributed by atoms with Gasteiger partial charge in [-0.15, -0.1) is 0 Å². The van der Waals surface area contributed by atoms with Crippen LogP contribution in [0.25, 0.3) is 0 Å². The van der Waals surface area contributed by atoms with Gasteiger partial charge in [-0.25, -0.2) is 16.8 Å². The molecule has 0 unspecified atom stereocenters. The van der Waals surface area contributed by atoms with Gasteiger partial charge in [0.25, 0.3) is 10.0 Å². The monoisotopic (exact) mass is 438 g/mol. The molecule has 1 aliphatic rings. The maximum Gasteiger partial charge on any atom is 0.261 e. The lowest BCUT2D eigenvalue weighted by Gasteiger charge is -2.27. The summed E-state index contributed by atoms with van der Waals surface area (Å²) in [7, 11) is -7.06. The van der Waals surface area contributed by atoms with Gasteiger partial charge in [-0.2, -0.15) is 4.31 Å². The molecule has 0 fully saturated rings. The van der Waals surface area contributed by atoms with Crippen LogP contribution in [0.15, 0.2) is 47.4 Å². The molecular formula is C20H26N2O5S2. The Morgan fingerprint density at radius 1 is 1.03 bits per heavy atom. The molecule has 1 aliphatic heterocycles. The van der Waals surface area contributed by atoms with Crippen LogP contribution in [0.2, 0.25) is 0 Å². The Bertz CT molecular complexity index is 1080. The number of ether oxygens (including phenoxy) is 1. The van der Waals surface area contributed by atoms with Gasteiger partial charge < -0.3 is 4.74 Å². The smallest absolute Gasteiger partial charge is 0.261 e. The molecule has 0 atom stereocenters. The van der Waals surface area contributed by atoms with E-state index < -0.39 is 20.0 Å². The Hall–Kier alpha value is -2.10. The summed E-state index contributed by atoms with van der Waals surface area (Å²) >= 11 is 0. The molecule has 0 aliphatic carbocycles. The number of hydrogen-bond acceptors (Lipinski definition) is 5. The van der Waals surface area contributed by atoms with Crippen LogP contribution in [-0.4, -0.2) is 40.5 Å². The SMILES string of the molecule is CC(C)COc1ccc(S(=O)(=O)Nc2ccc3c(c2)CN(S(C)(=O)=O)CC3)cc1. The standard InChI is InChI=1S/C20H26N2O5S2/c1-15(2)14-27-19-6-8-20(9-7-19)29(25,26)21-18-5-4-16-10-11-22(28(3,23)24)13-17(16)12-18/h4-9,12,15,21H,10-11,13-14H2,1-3H3. The van der Waals surface area contributed by atoms with E-state index in [0.717, 1.165) is 11.1 Å². The van der Waals surface area contributed by atoms with E-state index in [0.29, 0.717) is 36.9 Å². The van der Waals surface area contributed by atoms with Crippen LogP contribution in [0.5, 0.6) is 5.75 Å². The zero-order valence-corrected chi connectivity index (χ0v) is 18.4. The minimum absolute atomic E-state index is 0.130. The second-order valence-electron chi connectivity index (χ2n) is 7.61. The molecule has 2 aromatic rings. The summed E-state index contributed by atoms with van der Waals surface area (Å²) in [5, 5.41) is 0. The molecule has 29 heavy (non-hydrogen) atoms. The third-order valence-corrected chi connectivity index (χ3v) is 7.27. The van der Waals surface area contributed by atoms with Crippen molar-refractivity contribution < 1.29 is 21.6 Å². The normalized spacial score (nSPS) is 15.2. The molecule has 0 saturated carbocycles. The summed E-state index contributed by atoms with van der Waals surface area (Å²) in [6.45, 7) is 5.31. The summed E-state index contributed by atoms with van der Waals surface area (Å²) in [5.74, 6) is 0.995. The van der Waals surface area contributed by atoms with Crippen LogP contribution >= 0.6 is 0 Å². The van der Waals surface area contributed by atoms with Gasteiger partial charge in [0.15, 0.2) is 0 Å². The molecule has 7 nitrogen and oxygen atoms in total. The van der Waals surface area contributed by atoms with Crippen LogP contribution < -0.4 is 9.46 Å². The van der Waals surface area contributed by atoms with Gasteiger partial charge in [0.05, 0.1) is 17.8 Å². The van der Waals surface area contributed by atoms with Gasteiger partial charge in [-0.05, 0) is 59.9 Å². The first-order chi connectivity index (χ1) is 13.5. The number of anilines is 1. The second kappa shape index (κ2) is 8.33. The first kappa shape index (κ1) is 21.6. The Kier molecular flexibility index (Phi) is 6.21. The first-order valence-electron chi connectivity index (χ1n) is 9.37. The van der Waals surface area contributed by atoms with E-state index in [4.69, 9.17) is 4.74 Å². The van der Waals surface area contributed by atoms with Gasteiger partial charge in [-0.3, -0.25) is 4.72 Å². The lowest BCUT2D eigenvalue weighted by molar-refractivity contribution is 0.271. The molecular weight excluding hydrogens is 412 g/mol. The predicted molar refractivity (Wildman–Crippen MR) is 113 cm³/mol. The topological polar surface area (TPSA) is 92.8 Å². The molecule has 2 aromatic carbocycles. The van der Waals surface area contributed by atoms with E-state index in [1.54, 1.807) is 24.3 Å². The molecule has 9 heteroatoms. The highest BCUT2D eigenvalue weighted by molar-refractivity contribution is 7.92. The van der Waals surface area contributed by atoms with Crippen molar-refractivity contribution in [3.63, 3.8) is 0 Å². The van der Waals surface area contributed by atoms with E-state index in [1.807, 2.05) is 19.9 Å². The first-order valence-corrected chi connectivity index (χ1v) is 12.7. The summed E-state index contributed by atoms with van der Waals surface area (Å²) in [4.78, 5) is 0.130. The summed E-state index contributed by atoms with van der Waals surface area (Å²) in [6, 6.07) is 11.5. The molecule has 0 radical (unpaired) electrons. The highest BCUT2D eigenvalue weighted by Crippen LogP contribution is 2.26. The lowest BCUT2D eigenvalue weighted by atomic mass is 10.0. The zero-order chi connectivity index (χ0) is 21.2. The molecule has 1 heterocycles. The highest BCUT2D eigenvalue weighted by Gasteiger charge is 2.24. The van der Waals surface area contributed by atoms with Crippen molar-refractivity contribution in [3.05, 3.63) is 53.6 Å². The number of benzene rings is 2. The number of nitrogens with one attached hydrogen (secondary N) is 1. The van der Waals surface area contributed by atoms with Gasteiger partial charge in [0.1, 0.15) is 5.75 Å². The van der Waals surface area contributed by atoms with Crippen molar-refractivity contribution in [2.24, 2.45) is 5.92 Å². The van der Waals surface area contributed by atoms with Crippen LogP contribution in [0.4, 0.5) is 5.69 Å². The van der Waals surface area contributed by atoms with Crippen molar-refractivity contribution in [2.45, 2.75) is 31.7 Å². The Morgan fingerprint density at radius 3 is 2.34 bits per heavy atom. The minimum Gasteiger partial charge on any atom is -0.493 e. The van der Waals surface area contributed by atoms with Crippen LogP contribution in [0.3, 0.4) is 0 Å². The van der Waals surface area contributed by atoms with Crippen molar-refractivity contribution in [1.29, 1.82) is 0 Å². The summed E-state index contributed by atoms with van der Waals surface area (Å²) in [6.07, 6.45) is 1.78. The number of rotatable bonds is 7. The van der Waals surface area contributed by atoms with Crippen LogP contribution in [0.1, 0.15) is 25.0 Å². The average molecular weight is 439 g/mol. The largest absolute Gasteiger partial charge is 0.493 e. The van der Waals surface area contributed by atoms with Gasteiger partial charge >= 0.3 is 0 Å². The molecule has 0 saturated heterocycles. The fraction of sp³-hybridized carbons (Fsp3) is 0.400. The third-order valence-electron chi connectivity index (χ3n) is 4.62. The minimum atomic E-state index is -3.77. The molecule has 3 rings (SSSR count). The van der Waals surface area contributed by atoms with E-state index in [1.165, 1.54) is 22.7 Å². The summed E-state index contributed by atoms with van der Waals surface area (Å²) < 4.78 is 58.6. The molecule has 158 valence electrons. The maximum atomic E-state index is 12.7. The predicted octanol–water partition coefficient (Wildman–Crippen LogP) is 2.84. The number of hydrogen-bond donors (Lipinski definition) is 1. The van der Waals surface area contributed by atoms with Gasteiger partial charge in [0.2, 0.25) is 10.0 Å². The van der Waals surface area contributed by atoms with Crippen LogP contribution in [0, 0.1) is 5.92 Å². The molecule has 0 aromatic heterocycles. The van der Waals surface area contributed by atoms with Crippen molar-refractivity contribution >= 4 is 25.7 Å². The van der Waals surface area contributed by atoms with E-state index in [9.17, 15) is 16.8 Å². The molecule has 1 N–H and O–H groups in total. The third kappa shape index (κ3) is 5.49. The lowest BCUT2D eigenvalue weighted by Crippen LogP contribution is -2.35. The maximum absolute atomic E-state index is 12.7. The Morgan fingerprint density at radius 2 is 1.72 bits per heavy atom. The number of nitrogens with zero attached hydrogens (tertiary/aromatic N) is 1. The average Bonchev–Trinajstić information content (AvgIpc) is 2.65. The van der Waals surface area contributed by atoms with E-state index in [-0.39, 0.29) is 11.4 Å².